The fourth-order valence-electron chi connectivity index (χ4n) is 11.5. The molecule has 0 aromatic heterocycles. The minimum Gasteiger partial charge on any atom is -0.466 e. The second-order valence-electron chi connectivity index (χ2n) is 25.3. The normalized spacial score (nSPS) is 12.7. The van der Waals surface area contributed by atoms with Gasteiger partial charge in [0.1, 0.15) is 0 Å². The first-order valence-corrected chi connectivity index (χ1v) is 36.7. The first kappa shape index (κ1) is 79.1. The van der Waals surface area contributed by atoms with Crippen molar-refractivity contribution >= 4 is 11.9 Å². The Balaban J connectivity index is 3.36. The highest BCUT2D eigenvalue weighted by Crippen LogP contribution is 2.19. The summed E-state index contributed by atoms with van der Waals surface area (Å²) in [6, 6.07) is -0.539. The van der Waals surface area contributed by atoms with Gasteiger partial charge in [0.2, 0.25) is 5.91 Å². The van der Waals surface area contributed by atoms with Crippen LogP contribution < -0.4 is 5.32 Å². The van der Waals surface area contributed by atoms with Gasteiger partial charge in [0, 0.05) is 12.8 Å². The molecular weight excluding hydrogens is 995 g/mol. The number of amides is 1. The molecule has 0 aliphatic rings. The van der Waals surface area contributed by atoms with Gasteiger partial charge in [-0.3, -0.25) is 9.59 Å². The quantitative estimate of drug-likeness (QED) is 0.0320. The lowest BCUT2D eigenvalue weighted by atomic mass is 10.0. The van der Waals surface area contributed by atoms with E-state index in [0.717, 1.165) is 51.4 Å². The second kappa shape index (κ2) is 70.6. The zero-order chi connectivity index (χ0) is 58.5. The monoisotopic (exact) mass is 1140 g/mol. The van der Waals surface area contributed by atoms with Gasteiger partial charge in [-0.15, -0.1) is 0 Å². The number of esters is 1. The van der Waals surface area contributed by atoms with E-state index in [9.17, 15) is 19.8 Å². The van der Waals surface area contributed by atoms with Gasteiger partial charge in [-0.1, -0.05) is 352 Å². The molecule has 2 atom stereocenters. The van der Waals surface area contributed by atoms with Crippen LogP contribution in [0.3, 0.4) is 0 Å². The third-order valence-electron chi connectivity index (χ3n) is 17.2. The molecule has 0 fully saturated rings. The Kier molecular flexibility index (Phi) is 68.9. The van der Waals surface area contributed by atoms with E-state index in [4.69, 9.17) is 4.74 Å². The summed E-state index contributed by atoms with van der Waals surface area (Å²) in [6.07, 6.45) is 90.8. The molecule has 1 amide bonds. The molecule has 6 nitrogen and oxygen atoms in total. The van der Waals surface area contributed by atoms with Crippen molar-refractivity contribution in [1.82, 2.24) is 5.32 Å². The van der Waals surface area contributed by atoms with Gasteiger partial charge in [-0.2, -0.15) is 0 Å². The molecule has 0 aromatic carbocycles. The van der Waals surface area contributed by atoms with Crippen molar-refractivity contribution in [2.75, 3.05) is 13.2 Å². The molecule has 2 unspecified atom stereocenters. The van der Waals surface area contributed by atoms with Crippen molar-refractivity contribution in [1.29, 1.82) is 0 Å². The van der Waals surface area contributed by atoms with Crippen LogP contribution in [0.2, 0.25) is 0 Å². The van der Waals surface area contributed by atoms with Crippen molar-refractivity contribution in [2.24, 2.45) is 0 Å². The van der Waals surface area contributed by atoms with Gasteiger partial charge >= 0.3 is 5.97 Å². The van der Waals surface area contributed by atoms with Gasteiger partial charge < -0.3 is 20.3 Å². The summed E-state index contributed by atoms with van der Waals surface area (Å²) in [5.41, 5.74) is 0. The highest BCUT2D eigenvalue weighted by atomic mass is 16.5. The lowest BCUT2D eigenvalue weighted by Gasteiger charge is -2.22. The molecule has 3 N–H and O–H groups in total. The number of carbonyl (C=O) groups excluding carboxylic acids is 2. The maximum Gasteiger partial charge on any atom is 0.305 e. The highest BCUT2D eigenvalue weighted by Gasteiger charge is 2.20. The Labute approximate surface area is 506 Å². The average Bonchev–Trinajstić information content (AvgIpc) is 3.47. The predicted molar refractivity (Wildman–Crippen MR) is 356 cm³/mol. The Bertz CT molecular complexity index is 1310. The maximum atomic E-state index is 12.5. The number of aliphatic hydroxyl groups is 2. The third-order valence-corrected chi connectivity index (χ3v) is 17.2. The number of unbranched alkanes of at least 4 members (excludes halogenated alkanes) is 52. The van der Waals surface area contributed by atoms with E-state index in [-0.39, 0.29) is 18.5 Å². The smallest absolute Gasteiger partial charge is 0.305 e. The number of hydrogen-bond acceptors (Lipinski definition) is 5. The van der Waals surface area contributed by atoms with Crippen LogP contribution >= 0.6 is 0 Å². The summed E-state index contributed by atoms with van der Waals surface area (Å²) in [4.78, 5) is 24.5. The van der Waals surface area contributed by atoms with Gasteiger partial charge in [-0.25, -0.2) is 0 Å². The summed E-state index contributed by atoms with van der Waals surface area (Å²) in [5, 5.41) is 23.4. The van der Waals surface area contributed by atoms with Gasteiger partial charge in [0.25, 0.3) is 0 Å². The molecule has 0 rings (SSSR count). The van der Waals surface area contributed by atoms with E-state index >= 15 is 0 Å². The summed E-state index contributed by atoms with van der Waals surface area (Å²) in [5.74, 6) is -0.0211. The summed E-state index contributed by atoms with van der Waals surface area (Å²) < 4.78 is 5.47. The molecule has 478 valence electrons. The van der Waals surface area contributed by atoms with Gasteiger partial charge in [-0.05, 0) is 77.0 Å². The van der Waals surface area contributed by atoms with Crippen LogP contribution in [0.4, 0.5) is 0 Å². The molecule has 81 heavy (non-hydrogen) atoms. The maximum absolute atomic E-state index is 12.5. The summed E-state index contributed by atoms with van der Waals surface area (Å²) >= 11 is 0. The Morgan fingerprint density at radius 3 is 0.988 bits per heavy atom. The van der Waals surface area contributed by atoms with Crippen molar-refractivity contribution in [3.8, 4) is 0 Å². The Morgan fingerprint density at radius 1 is 0.346 bits per heavy atom. The SMILES string of the molecule is CCCC/C=C\CCCCCCCC(=O)OCCCCCCCCCCCCCCC/C=C\C/C=C\CCCCCCCCCCCCCCCCCCCC(=O)NC(CO)C(O)CCCCCCCCCCCCCCCCCC. The molecule has 0 bridgehead atoms. The Hall–Kier alpha value is -1.92. The molecule has 6 heteroatoms. The number of hydrogen-bond donors (Lipinski definition) is 3. The van der Waals surface area contributed by atoms with Crippen LogP contribution in [-0.2, 0) is 14.3 Å². The van der Waals surface area contributed by atoms with Gasteiger partial charge in [0.05, 0.1) is 25.4 Å². The van der Waals surface area contributed by atoms with Crippen molar-refractivity contribution in [3.63, 3.8) is 0 Å². The lowest BCUT2D eigenvalue weighted by Crippen LogP contribution is -2.45. The minimum atomic E-state index is -0.662. The van der Waals surface area contributed by atoms with Crippen molar-refractivity contribution in [2.45, 2.75) is 418 Å². The van der Waals surface area contributed by atoms with E-state index in [0.29, 0.717) is 25.9 Å². The van der Waals surface area contributed by atoms with Crippen molar-refractivity contribution < 1.29 is 24.5 Å². The fraction of sp³-hybridized carbons (Fsp3) is 0.893. The van der Waals surface area contributed by atoms with Crippen LogP contribution in [0.15, 0.2) is 36.5 Å². The number of rotatable bonds is 69. The van der Waals surface area contributed by atoms with Gasteiger partial charge in [0.15, 0.2) is 0 Å². The van der Waals surface area contributed by atoms with E-state index in [1.807, 2.05) is 0 Å². The van der Waals surface area contributed by atoms with E-state index < -0.39 is 12.1 Å². The molecule has 0 aliphatic heterocycles. The fourth-order valence-corrected chi connectivity index (χ4v) is 11.5. The van der Waals surface area contributed by atoms with E-state index in [1.54, 1.807) is 0 Å². The molecule has 0 saturated carbocycles. The first-order valence-electron chi connectivity index (χ1n) is 36.7. The first-order chi connectivity index (χ1) is 40.0. The Morgan fingerprint density at radius 2 is 0.630 bits per heavy atom. The van der Waals surface area contributed by atoms with Crippen LogP contribution in [0.1, 0.15) is 406 Å². The largest absolute Gasteiger partial charge is 0.466 e. The zero-order valence-electron chi connectivity index (χ0n) is 54.8. The van der Waals surface area contributed by atoms with Crippen LogP contribution in [0.25, 0.3) is 0 Å². The number of ether oxygens (including phenoxy) is 1. The highest BCUT2D eigenvalue weighted by molar-refractivity contribution is 5.76. The minimum absolute atomic E-state index is 0.00789. The predicted octanol–water partition coefficient (Wildman–Crippen LogP) is 23.9. The van der Waals surface area contributed by atoms with Crippen molar-refractivity contribution in [3.05, 3.63) is 36.5 Å². The van der Waals surface area contributed by atoms with E-state index in [1.165, 1.54) is 321 Å². The van der Waals surface area contributed by atoms with E-state index in [2.05, 4.69) is 55.6 Å². The molecule has 0 spiro atoms. The number of nitrogens with one attached hydrogen (secondary N) is 1. The molecule has 0 heterocycles. The number of carbonyl (C=O) groups is 2. The molecular formula is C75H143NO5. The average molecular weight is 1140 g/mol. The van der Waals surface area contributed by atoms with Crippen LogP contribution in [0, 0.1) is 0 Å². The summed E-state index contributed by atoms with van der Waals surface area (Å²) in [6.45, 7) is 4.95. The molecule has 0 radical (unpaired) electrons. The topological polar surface area (TPSA) is 95.9 Å². The standard InChI is InChI=1S/C75H143NO5/c1-3-5-7-9-11-13-15-16-17-41-44-48-51-55-59-63-67-73(78)72(71-77)76-74(79)68-64-60-56-52-49-45-42-39-37-35-33-31-29-27-25-23-21-19-18-20-22-24-26-28-30-32-34-36-38-40-43-46-50-54-58-62-66-70-81-75(80)69-65-61-57-53-47-14-12-10-8-6-4-2/h10,12,18,20,24,26,72-73,77-78H,3-9,11,13-17,19,21-23,25,27-71H2,1-2H3,(H,76,79)/b12-10-,20-18-,26-24-. The zero-order valence-corrected chi connectivity index (χ0v) is 54.8. The molecule has 0 aliphatic carbocycles. The molecule has 0 aromatic rings. The number of allylic oxidation sites excluding steroid dienone is 6. The third kappa shape index (κ3) is 67.1. The van der Waals surface area contributed by atoms with Crippen LogP contribution in [0.5, 0.6) is 0 Å². The van der Waals surface area contributed by atoms with Crippen LogP contribution in [-0.4, -0.2) is 47.4 Å². The second-order valence-corrected chi connectivity index (χ2v) is 25.3. The lowest BCUT2D eigenvalue weighted by molar-refractivity contribution is -0.143. The molecule has 0 saturated heterocycles. The summed E-state index contributed by atoms with van der Waals surface area (Å²) in [7, 11) is 0. The number of aliphatic hydroxyl groups excluding tert-OH is 2.